The lowest BCUT2D eigenvalue weighted by atomic mass is 9.79. The van der Waals surface area contributed by atoms with Crippen molar-refractivity contribution in [3.8, 4) is 0 Å². The molecule has 0 saturated heterocycles. The van der Waals surface area contributed by atoms with Gasteiger partial charge in [0, 0.05) is 18.2 Å². The van der Waals surface area contributed by atoms with E-state index in [0.29, 0.717) is 11.5 Å². The molecule has 1 aromatic rings. The number of carbonyl (C=O) groups excluding carboxylic acids is 1. The number of nitrogens with one attached hydrogen (secondary N) is 2. The Hall–Kier alpha value is -1.92. The molecule has 2 fully saturated rings. The van der Waals surface area contributed by atoms with Crippen molar-refractivity contribution in [2.45, 2.75) is 36.6 Å². The van der Waals surface area contributed by atoms with Gasteiger partial charge in [-0.05, 0) is 48.5 Å². The van der Waals surface area contributed by atoms with Crippen LogP contribution in [0.15, 0.2) is 26.0 Å². The first-order valence-electron chi connectivity index (χ1n) is 9.69. The van der Waals surface area contributed by atoms with E-state index in [9.17, 15) is 26.7 Å². The van der Waals surface area contributed by atoms with Crippen LogP contribution in [-0.4, -0.2) is 51.7 Å². The zero-order valence-corrected chi connectivity index (χ0v) is 18.5. The Morgan fingerprint density at radius 1 is 1.30 bits per heavy atom. The van der Waals surface area contributed by atoms with Gasteiger partial charge in [-0.3, -0.25) is 4.79 Å². The van der Waals surface area contributed by atoms with Crippen molar-refractivity contribution in [3.63, 3.8) is 0 Å². The summed E-state index contributed by atoms with van der Waals surface area (Å²) in [5.74, 6) is -0.568. The highest BCUT2D eigenvalue weighted by atomic mass is 32.2. The van der Waals surface area contributed by atoms with Gasteiger partial charge in [0.2, 0.25) is 0 Å². The second kappa shape index (κ2) is 6.54. The van der Waals surface area contributed by atoms with Gasteiger partial charge in [0.05, 0.1) is 5.75 Å². The molecule has 3 heterocycles. The monoisotopic (exact) mass is 471 g/mol. The summed E-state index contributed by atoms with van der Waals surface area (Å²) in [6, 6.07) is -0.110. The Balaban J connectivity index is 1.52. The van der Waals surface area contributed by atoms with Gasteiger partial charge in [-0.2, -0.15) is 8.42 Å². The molecule has 12 heteroatoms. The van der Waals surface area contributed by atoms with Crippen LogP contribution in [0.4, 0.5) is 5.00 Å². The molecule has 2 aliphatic carbocycles. The molecule has 1 amide bonds. The van der Waals surface area contributed by atoms with Crippen LogP contribution in [0.3, 0.4) is 0 Å². The first-order valence-corrected chi connectivity index (χ1v) is 14.1. The van der Waals surface area contributed by atoms with Crippen LogP contribution in [0, 0.1) is 17.8 Å². The topological polar surface area (TPSA) is 142 Å². The minimum atomic E-state index is -4.16. The van der Waals surface area contributed by atoms with E-state index in [2.05, 4.69) is 15.0 Å². The highest BCUT2D eigenvalue weighted by Crippen LogP contribution is 2.52. The smallest absolute Gasteiger partial charge is 0.287 e. The van der Waals surface area contributed by atoms with Gasteiger partial charge in [0.1, 0.15) is 31.1 Å². The number of aliphatic hydroxyl groups excluding tert-OH is 1. The number of anilines is 1. The summed E-state index contributed by atoms with van der Waals surface area (Å²) >= 11 is 1.10. The van der Waals surface area contributed by atoms with Crippen LogP contribution in [0.2, 0.25) is 0 Å². The van der Waals surface area contributed by atoms with Gasteiger partial charge in [-0.1, -0.05) is 0 Å². The maximum Gasteiger partial charge on any atom is 0.287 e. The lowest BCUT2D eigenvalue weighted by Crippen LogP contribution is -2.51. The molecule has 162 valence electrons. The minimum Gasteiger partial charge on any atom is -0.511 e. The summed E-state index contributed by atoms with van der Waals surface area (Å²) in [6.07, 6.45) is 4.10. The van der Waals surface area contributed by atoms with Crippen LogP contribution in [0.25, 0.3) is 0 Å². The largest absolute Gasteiger partial charge is 0.511 e. The maximum atomic E-state index is 12.9. The number of hydrogen-bond acceptors (Lipinski definition) is 8. The number of fused-ring (bicyclic) bond motifs is 6. The zero-order chi connectivity index (χ0) is 21.4. The first kappa shape index (κ1) is 20.0. The molecule has 4 atom stereocenters. The quantitative estimate of drug-likeness (QED) is 0.599. The van der Waals surface area contributed by atoms with E-state index in [-0.39, 0.29) is 57.1 Å². The van der Waals surface area contributed by atoms with Crippen molar-refractivity contribution in [2.24, 2.45) is 22.2 Å². The summed E-state index contributed by atoms with van der Waals surface area (Å²) in [5, 5.41) is 18.6. The van der Waals surface area contributed by atoms with E-state index in [0.717, 1.165) is 36.9 Å². The van der Waals surface area contributed by atoms with Gasteiger partial charge in [0.15, 0.2) is 5.84 Å². The van der Waals surface area contributed by atoms with Crippen LogP contribution in [0.5, 0.6) is 0 Å². The number of amidine groups is 1. The SMILES string of the molecule is CS(=O)(=O)CCc1csc2c1S(=O)(=O)N=C(C1=C(O)[C@@H]3C4CCC(C4)[C@@H]3NC1=O)N2. The summed E-state index contributed by atoms with van der Waals surface area (Å²) in [4.78, 5) is 12.7. The lowest BCUT2D eigenvalue weighted by Gasteiger charge is -2.36. The van der Waals surface area contributed by atoms with Crippen molar-refractivity contribution in [1.82, 2.24) is 5.32 Å². The average molecular weight is 472 g/mol. The molecule has 2 unspecified atom stereocenters. The molecule has 4 aliphatic rings. The van der Waals surface area contributed by atoms with E-state index >= 15 is 0 Å². The molecule has 2 bridgehead atoms. The number of rotatable bonds is 4. The number of aryl methyl sites for hydroxylation is 1. The van der Waals surface area contributed by atoms with Crippen molar-refractivity contribution >= 4 is 47.9 Å². The lowest BCUT2D eigenvalue weighted by molar-refractivity contribution is -0.119. The summed E-state index contributed by atoms with van der Waals surface area (Å²) in [7, 11) is -7.42. The third-order valence-electron chi connectivity index (χ3n) is 6.51. The first-order chi connectivity index (χ1) is 14.0. The second-order valence-corrected chi connectivity index (χ2v) is 13.1. The number of amides is 1. The van der Waals surface area contributed by atoms with E-state index in [1.165, 1.54) is 0 Å². The molecule has 1 aromatic heterocycles. The average Bonchev–Trinajstić information content (AvgIpc) is 3.33. The van der Waals surface area contributed by atoms with Crippen LogP contribution < -0.4 is 10.6 Å². The van der Waals surface area contributed by atoms with Gasteiger partial charge >= 0.3 is 0 Å². The van der Waals surface area contributed by atoms with E-state index in [1.54, 1.807) is 5.38 Å². The van der Waals surface area contributed by atoms with Gasteiger partial charge < -0.3 is 15.7 Å². The van der Waals surface area contributed by atoms with Crippen LogP contribution in [0.1, 0.15) is 24.8 Å². The predicted octanol–water partition coefficient (Wildman–Crippen LogP) is 1.20. The third kappa shape index (κ3) is 3.07. The van der Waals surface area contributed by atoms with E-state index in [1.807, 2.05) is 0 Å². The van der Waals surface area contributed by atoms with Crippen molar-refractivity contribution in [2.75, 3.05) is 17.3 Å². The van der Waals surface area contributed by atoms with E-state index < -0.39 is 25.8 Å². The molecule has 0 spiro atoms. The molecule has 0 radical (unpaired) electrons. The summed E-state index contributed by atoms with van der Waals surface area (Å²) in [5.41, 5.74) is 0.249. The number of nitrogens with zero attached hydrogens (tertiary/aromatic N) is 1. The zero-order valence-electron chi connectivity index (χ0n) is 16.1. The van der Waals surface area contributed by atoms with Gasteiger partial charge in [-0.15, -0.1) is 15.7 Å². The molecular formula is C18H21N3O6S3. The molecule has 30 heavy (non-hydrogen) atoms. The summed E-state index contributed by atoms with van der Waals surface area (Å²) < 4.78 is 52.5. The van der Waals surface area contributed by atoms with Crippen molar-refractivity contribution < 1.29 is 26.7 Å². The molecule has 3 N–H and O–H groups in total. The number of sulfonamides is 1. The maximum absolute atomic E-state index is 12.9. The van der Waals surface area contributed by atoms with Crippen LogP contribution in [-0.2, 0) is 31.1 Å². The van der Waals surface area contributed by atoms with Gasteiger partial charge in [0.25, 0.3) is 15.9 Å². The second-order valence-electron chi connectivity index (χ2n) is 8.46. The minimum absolute atomic E-state index is 0.0533. The summed E-state index contributed by atoms with van der Waals surface area (Å²) in [6.45, 7) is 0. The van der Waals surface area contributed by atoms with Crippen molar-refractivity contribution in [1.29, 1.82) is 0 Å². The molecule has 9 nitrogen and oxygen atoms in total. The van der Waals surface area contributed by atoms with E-state index in [4.69, 9.17) is 0 Å². The fourth-order valence-electron chi connectivity index (χ4n) is 5.25. The Labute approximate surface area is 178 Å². The van der Waals surface area contributed by atoms with Gasteiger partial charge in [-0.25, -0.2) is 8.42 Å². The van der Waals surface area contributed by atoms with Crippen LogP contribution >= 0.6 is 11.3 Å². The Bertz CT molecular complexity index is 1230. The predicted molar refractivity (Wildman–Crippen MR) is 112 cm³/mol. The fraction of sp³-hybridized carbons (Fsp3) is 0.556. The molecule has 2 aliphatic heterocycles. The van der Waals surface area contributed by atoms with Crippen molar-refractivity contribution in [3.05, 3.63) is 22.3 Å². The standard InChI is InChI=1S/C18H21N3O6S3/c1-29(24,25)5-4-10-7-28-18-15(10)30(26,27)21-16(20-18)12-14(22)11-8-2-3-9(6-8)13(11)19-17(12)23/h7-9,11,13,22H,2-6H2,1H3,(H,19,23)(H,20,21)/t8?,9?,11-,13+/m1/s1. The number of sulfone groups is 1. The Morgan fingerprint density at radius 2 is 2.03 bits per heavy atom. The number of thiophene rings is 1. The molecule has 0 aromatic carbocycles. The number of hydrogen-bond donors (Lipinski definition) is 3. The number of aliphatic hydroxyl groups is 1. The number of carbonyl (C=O) groups is 1. The Morgan fingerprint density at radius 3 is 2.77 bits per heavy atom. The molecule has 2 saturated carbocycles. The fourth-order valence-corrected chi connectivity index (χ4v) is 8.51. The molecular weight excluding hydrogens is 450 g/mol. The molecule has 5 rings (SSSR count). The third-order valence-corrected chi connectivity index (χ3v) is 9.93. The Kier molecular flexibility index (Phi) is 4.36. The highest BCUT2D eigenvalue weighted by molar-refractivity contribution is 7.91. The normalized spacial score (nSPS) is 31.6. The highest BCUT2D eigenvalue weighted by Gasteiger charge is 2.54.